The Balaban J connectivity index is 1.46. The lowest BCUT2D eigenvalue weighted by Gasteiger charge is -2.24. The van der Waals surface area contributed by atoms with Crippen molar-refractivity contribution in [3.05, 3.63) is 130 Å². The highest BCUT2D eigenvalue weighted by Gasteiger charge is 2.27. The van der Waals surface area contributed by atoms with Crippen molar-refractivity contribution < 1.29 is 14.6 Å². The number of hydrazine groups is 1. The number of nitro groups is 1. The highest BCUT2D eigenvalue weighted by molar-refractivity contribution is 5.90. The first kappa shape index (κ1) is 33.6. The highest BCUT2D eigenvalue weighted by atomic mass is 16.7. The number of carbonyl (C=O) groups excluding carboxylic acids is 2. The molecule has 4 aromatic carbocycles. The standard InChI is InChI=1S/C35H41N7O4/c36-35(37)41(42(45)46)23-11-21-31(33(43)39-25-29-19-9-18-28-17-7-8-20-30(28)29)40-34(44)32(24-27-14-5-2-6-15-27)38-22-10-16-26-12-3-1-4-13-26/h1-9,12-15,17-20,31-32,38H,10-11,16,21-25H2,(H3,36,37)(H,39,43)(H,40,44). The van der Waals surface area contributed by atoms with E-state index in [0.29, 0.717) is 18.0 Å². The molecule has 0 aliphatic carbocycles. The van der Waals surface area contributed by atoms with Crippen LogP contribution in [0.5, 0.6) is 0 Å². The summed E-state index contributed by atoms with van der Waals surface area (Å²) < 4.78 is 0. The van der Waals surface area contributed by atoms with Crippen LogP contribution in [-0.2, 0) is 29.0 Å². The summed E-state index contributed by atoms with van der Waals surface area (Å²) in [4.78, 5) is 38.7. The fourth-order valence-corrected chi connectivity index (χ4v) is 5.35. The van der Waals surface area contributed by atoms with Crippen molar-refractivity contribution in [1.82, 2.24) is 21.0 Å². The quantitative estimate of drug-likeness (QED) is 0.0391. The van der Waals surface area contributed by atoms with Gasteiger partial charge in [-0.05, 0) is 66.1 Å². The molecule has 0 spiro atoms. The van der Waals surface area contributed by atoms with Gasteiger partial charge < -0.3 is 21.7 Å². The van der Waals surface area contributed by atoms with Gasteiger partial charge in [-0.1, -0.05) is 108 Å². The summed E-state index contributed by atoms with van der Waals surface area (Å²) in [5, 5.41) is 29.9. The van der Waals surface area contributed by atoms with Crippen LogP contribution in [0.25, 0.3) is 10.8 Å². The normalized spacial score (nSPS) is 12.2. The van der Waals surface area contributed by atoms with Crippen LogP contribution >= 0.6 is 0 Å². The second-order valence-corrected chi connectivity index (χ2v) is 11.1. The fourth-order valence-electron chi connectivity index (χ4n) is 5.35. The number of nitrogens with one attached hydrogen (secondary N) is 4. The molecular weight excluding hydrogens is 582 g/mol. The summed E-state index contributed by atoms with van der Waals surface area (Å²) in [5.74, 6) is -1.44. The summed E-state index contributed by atoms with van der Waals surface area (Å²) in [6.45, 7) is 0.650. The number of hydrogen-bond donors (Lipinski definition) is 5. The summed E-state index contributed by atoms with van der Waals surface area (Å²) in [5.41, 5.74) is 8.48. The van der Waals surface area contributed by atoms with Crippen LogP contribution in [0, 0.1) is 15.5 Å². The molecule has 2 unspecified atom stereocenters. The van der Waals surface area contributed by atoms with Crippen LogP contribution < -0.4 is 21.7 Å². The zero-order valence-corrected chi connectivity index (χ0v) is 25.7. The molecule has 2 atom stereocenters. The molecule has 0 heterocycles. The zero-order valence-electron chi connectivity index (χ0n) is 25.7. The Morgan fingerprint density at radius 2 is 1.48 bits per heavy atom. The number of benzene rings is 4. The van der Waals surface area contributed by atoms with Crippen molar-refractivity contribution in [1.29, 1.82) is 5.41 Å². The van der Waals surface area contributed by atoms with Crippen LogP contribution in [0.2, 0.25) is 0 Å². The molecule has 4 rings (SSSR count). The summed E-state index contributed by atoms with van der Waals surface area (Å²) in [7, 11) is 0. The highest BCUT2D eigenvalue weighted by Crippen LogP contribution is 2.18. The van der Waals surface area contributed by atoms with Gasteiger partial charge in [-0.3, -0.25) is 15.0 Å². The van der Waals surface area contributed by atoms with E-state index in [-0.39, 0.29) is 31.8 Å². The van der Waals surface area contributed by atoms with Crippen molar-refractivity contribution >= 4 is 28.5 Å². The third kappa shape index (κ3) is 10.1. The van der Waals surface area contributed by atoms with Crippen molar-refractivity contribution in [2.24, 2.45) is 5.73 Å². The molecule has 0 bridgehead atoms. The molecule has 0 aromatic heterocycles. The average molecular weight is 624 g/mol. The van der Waals surface area contributed by atoms with Crippen LogP contribution in [0.15, 0.2) is 103 Å². The Labute approximate surface area is 268 Å². The predicted octanol–water partition coefficient (Wildman–Crippen LogP) is 3.94. The first-order valence-electron chi connectivity index (χ1n) is 15.4. The molecule has 46 heavy (non-hydrogen) atoms. The summed E-state index contributed by atoms with van der Waals surface area (Å²) in [6, 6.07) is 31.9. The minimum atomic E-state index is -0.965. The van der Waals surface area contributed by atoms with Gasteiger partial charge in [-0.15, -0.1) is 0 Å². The van der Waals surface area contributed by atoms with Crippen molar-refractivity contribution in [2.75, 3.05) is 13.1 Å². The molecule has 11 nitrogen and oxygen atoms in total. The van der Waals surface area contributed by atoms with E-state index in [4.69, 9.17) is 11.1 Å². The zero-order chi connectivity index (χ0) is 32.7. The number of carbonyl (C=O) groups is 2. The molecule has 0 saturated heterocycles. The van der Waals surface area contributed by atoms with Crippen LogP contribution in [-0.4, -0.2) is 53.0 Å². The van der Waals surface area contributed by atoms with Gasteiger partial charge in [-0.2, -0.15) is 0 Å². The number of fused-ring (bicyclic) bond motifs is 1. The molecule has 6 N–H and O–H groups in total. The minimum Gasteiger partial charge on any atom is -0.365 e. The summed E-state index contributed by atoms with van der Waals surface area (Å²) in [6.07, 6.45) is 2.34. The van der Waals surface area contributed by atoms with Gasteiger partial charge in [0.25, 0.3) is 5.96 Å². The lowest BCUT2D eigenvalue weighted by atomic mass is 10.0. The van der Waals surface area contributed by atoms with E-state index < -0.39 is 29.0 Å². The van der Waals surface area contributed by atoms with Gasteiger partial charge in [0.1, 0.15) is 6.04 Å². The van der Waals surface area contributed by atoms with Crippen LogP contribution in [0.3, 0.4) is 0 Å². The Morgan fingerprint density at radius 3 is 2.17 bits per heavy atom. The second kappa shape index (κ2) is 17.3. The summed E-state index contributed by atoms with van der Waals surface area (Å²) >= 11 is 0. The van der Waals surface area contributed by atoms with Gasteiger partial charge in [0, 0.05) is 6.54 Å². The van der Waals surface area contributed by atoms with E-state index in [2.05, 4.69) is 28.1 Å². The number of rotatable bonds is 17. The maximum atomic E-state index is 13.8. The topological polar surface area (TPSA) is 166 Å². The molecule has 2 amide bonds. The van der Waals surface area contributed by atoms with Crippen molar-refractivity contribution in [2.45, 2.75) is 50.7 Å². The molecule has 0 saturated carbocycles. The van der Waals surface area contributed by atoms with E-state index in [0.717, 1.165) is 34.7 Å². The van der Waals surface area contributed by atoms with Crippen molar-refractivity contribution in [3.8, 4) is 0 Å². The first-order chi connectivity index (χ1) is 22.3. The Hall–Kier alpha value is -5.29. The molecule has 0 aliphatic rings. The number of nitrogens with two attached hydrogens (primary N) is 1. The Kier molecular flexibility index (Phi) is 12.6. The Morgan fingerprint density at radius 1 is 0.826 bits per heavy atom. The van der Waals surface area contributed by atoms with Gasteiger partial charge in [0.15, 0.2) is 5.03 Å². The maximum Gasteiger partial charge on any atom is 0.251 e. The van der Waals surface area contributed by atoms with Crippen LogP contribution in [0.1, 0.15) is 36.0 Å². The van der Waals surface area contributed by atoms with Gasteiger partial charge in [0.2, 0.25) is 11.8 Å². The molecular formula is C35H41N7O4. The lowest BCUT2D eigenvalue weighted by molar-refractivity contribution is -0.629. The number of aryl methyl sites for hydroxylation is 1. The predicted molar refractivity (Wildman–Crippen MR) is 179 cm³/mol. The van der Waals surface area contributed by atoms with E-state index in [1.165, 1.54) is 5.56 Å². The van der Waals surface area contributed by atoms with E-state index in [9.17, 15) is 19.7 Å². The fraction of sp³-hybridized carbons (Fsp3) is 0.286. The van der Waals surface area contributed by atoms with Crippen LogP contribution in [0.4, 0.5) is 0 Å². The van der Waals surface area contributed by atoms with Gasteiger partial charge in [-0.25, -0.2) is 10.1 Å². The molecule has 240 valence electrons. The molecule has 0 fully saturated rings. The minimum absolute atomic E-state index is 0.108. The number of hydrogen-bond acceptors (Lipinski definition) is 6. The van der Waals surface area contributed by atoms with Crippen molar-refractivity contribution in [3.63, 3.8) is 0 Å². The molecule has 4 aromatic rings. The number of amides is 2. The Bertz CT molecular complexity index is 1580. The monoisotopic (exact) mass is 623 g/mol. The molecule has 0 aliphatic heterocycles. The third-order valence-corrected chi connectivity index (χ3v) is 7.78. The van der Waals surface area contributed by atoms with E-state index in [1.54, 1.807) is 0 Å². The SMILES string of the molecule is N=C(N)N(CCCC(NC(=O)C(Cc1ccccc1)NCCCc1ccccc1)C(=O)NCc1cccc2ccccc12)[N+](=O)[O-]. The molecule has 11 heteroatoms. The molecule has 0 radical (unpaired) electrons. The lowest BCUT2D eigenvalue weighted by Crippen LogP contribution is -2.53. The maximum absolute atomic E-state index is 13.8. The van der Waals surface area contributed by atoms with Gasteiger partial charge >= 0.3 is 0 Å². The smallest absolute Gasteiger partial charge is 0.251 e. The average Bonchev–Trinajstić information content (AvgIpc) is 3.06. The largest absolute Gasteiger partial charge is 0.365 e. The number of guanidine groups is 1. The number of nitrogens with zero attached hydrogens (tertiary/aromatic N) is 2. The third-order valence-electron chi connectivity index (χ3n) is 7.78. The van der Waals surface area contributed by atoms with Gasteiger partial charge in [0.05, 0.1) is 12.6 Å². The van der Waals surface area contributed by atoms with E-state index in [1.807, 2.05) is 91.0 Å². The second-order valence-electron chi connectivity index (χ2n) is 11.1. The van der Waals surface area contributed by atoms with E-state index >= 15 is 0 Å². The first-order valence-corrected chi connectivity index (χ1v) is 15.4.